The number of amides is 4. The minimum absolute atomic E-state index is 0.0313. The molecule has 298 valence electrons. The lowest BCUT2D eigenvalue weighted by Crippen LogP contribution is -2.60. The summed E-state index contributed by atoms with van der Waals surface area (Å²) in [6.45, 7) is 5.20. The molecule has 0 radical (unpaired) electrons. The summed E-state index contributed by atoms with van der Waals surface area (Å²) in [6.07, 6.45) is -0.0342. The van der Waals surface area contributed by atoms with Crippen LogP contribution in [0.25, 0.3) is 11.1 Å². The number of aromatic nitrogens is 2. The van der Waals surface area contributed by atoms with Gasteiger partial charge >= 0.3 is 6.09 Å². The number of sulfonamides is 1. The van der Waals surface area contributed by atoms with Crippen LogP contribution in [-0.2, 0) is 40.5 Å². The monoisotopic (exact) mass is 795 g/mol. The van der Waals surface area contributed by atoms with Gasteiger partial charge in [0.25, 0.3) is 5.91 Å². The van der Waals surface area contributed by atoms with Crippen molar-refractivity contribution in [2.75, 3.05) is 13.2 Å². The zero-order valence-corrected chi connectivity index (χ0v) is 31.8. The first-order valence-electron chi connectivity index (χ1n) is 18.4. The number of ether oxygens (including phenoxy) is 1. The number of fused-ring (bicyclic) bond motifs is 3. The summed E-state index contributed by atoms with van der Waals surface area (Å²) in [7, 11) is -4.13. The molecule has 2 saturated carbocycles. The molecule has 3 aromatic rings. The molecule has 3 N–H and O–H groups in total. The molecule has 4 aliphatic rings. The van der Waals surface area contributed by atoms with E-state index in [4.69, 9.17) is 9.57 Å². The summed E-state index contributed by atoms with van der Waals surface area (Å²) in [6, 6.07) is 12.6. The first-order valence-corrected chi connectivity index (χ1v) is 19.9. The van der Waals surface area contributed by atoms with Crippen LogP contribution in [-0.4, -0.2) is 101 Å². The van der Waals surface area contributed by atoms with Crippen molar-refractivity contribution < 1.29 is 46.0 Å². The molecule has 0 bridgehead atoms. The molecule has 3 fully saturated rings. The van der Waals surface area contributed by atoms with E-state index in [1.54, 1.807) is 44.1 Å². The molecule has 7 rings (SSSR count). The predicted octanol–water partition coefficient (Wildman–Crippen LogP) is 3.19. The fraction of sp³-hybridized carbons (Fsp3) is 0.474. The van der Waals surface area contributed by atoms with Crippen LogP contribution in [0.4, 0.5) is 13.6 Å². The van der Waals surface area contributed by atoms with Crippen LogP contribution in [0.3, 0.4) is 0 Å². The van der Waals surface area contributed by atoms with E-state index in [1.165, 1.54) is 4.90 Å². The molecule has 0 spiro atoms. The summed E-state index contributed by atoms with van der Waals surface area (Å²) in [5.74, 6) is -4.58. The third kappa shape index (κ3) is 7.83. The van der Waals surface area contributed by atoms with E-state index in [-0.39, 0.29) is 19.6 Å². The average molecular weight is 796 g/mol. The molecule has 1 saturated heterocycles. The van der Waals surface area contributed by atoms with Crippen molar-refractivity contribution in [2.24, 2.45) is 16.5 Å². The van der Waals surface area contributed by atoms with E-state index in [9.17, 15) is 36.4 Å². The first-order chi connectivity index (χ1) is 26.6. The second-order valence-corrected chi connectivity index (χ2v) is 17.6. The largest absolute Gasteiger partial charge is 0.448 e. The summed E-state index contributed by atoms with van der Waals surface area (Å²) >= 11 is 0. The molecule has 0 unspecified atom stereocenters. The standard InChI is InChI=1S/C38H43F2N7O8S/c1-37(2,3)31(42-36(51)54-17-16-46-15-14-41-21-46)34(49)47-20-22(55-44-30-26-10-6-4-8-24(26)25-9-5-7-11-27(25)30)18-29(47)33(48)43-38(19-28(38)32(39)40)35(50)45-56(52,53)23-12-13-23/h4-11,14-15,21-23,28-29,31-32H,12-13,16-20H2,1-3H3,(H,42,51)(H,43,48)(H,45,50)/t22-,28+,29+,31-,38+/m1/s1. The van der Waals surface area contributed by atoms with Crippen molar-refractivity contribution in [3.05, 3.63) is 78.4 Å². The Morgan fingerprint density at radius 3 is 2.21 bits per heavy atom. The van der Waals surface area contributed by atoms with Crippen LogP contribution in [0.15, 0.2) is 72.4 Å². The molecule has 56 heavy (non-hydrogen) atoms. The normalized spacial score (nSPS) is 23.1. The highest BCUT2D eigenvalue weighted by Crippen LogP contribution is 2.48. The summed E-state index contributed by atoms with van der Waals surface area (Å²) in [5, 5.41) is 8.72. The van der Waals surface area contributed by atoms with Crippen molar-refractivity contribution in [2.45, 2.75) is 88.4 Å². The van der Waals surface area contributed by atoms with Gasteiger partial charge in [-0.15, -0.1) is 0 Å². The third-order valence-electron chi connectivity index (χ3n) is 10.6. The Kier molecular flexibility index (Phi) is 10.4. The Bertz CT molecular complexity index is 2110. The first kappa shape index (κ1) is 38.9. The maximum Gasteiger partial charge on any atom is 0.407 e. The lowest BCUT2D eigenvalue weighted by molar-refractivity contribution is -0.143. The van der Waals surface area contributed by atoms with Gasteiger partial charge in [0.15, 0.2) is 0 Å². The van der Waals surface area contributed by atoms with Crippen molar-refractivity contribution in [3.63, 3.8) is 0 Å². The number of nitrogens with zero attached hydrogens (tertiary/aromatic N) is 4. The Hall–Kier alpha value is -5.39. The van der Waals surface area contributed by atoms with E-state index < -0.39 is 87.0 Å². The van der Waals surface area contributed by atoms with Gasteiger partial charge in [-0.25, -0.2) is 27.0 Å². The van der Waals surface area contributed by atoms with Crippen molar-refractivity contribution in [1.82, 2.24) is 29.8 Å². The van der Waals surface area contributed by atoms with Gasteiger partial charge in [-0.1, -0.05) is 74.5 Å². The smallest absolute Gasteiger partial charge is 0.407 e. The average Bonchev–Trinajstić information content (AvgIpc) is 4.00. The Morgan fingerprint density at radius 1 is 1.02 bits per heavy atom. The fourth-order valence-corrected chi connectivity index (χ4v) is 8.62. The highest BCUT2D eigenvalue weighted by atomic mass is 32.2. The van der Waals surface area contributed by atoms with Crippen LogP contribution >= 0.6 is 0 Å². The molecule has 3 aliphatic carbocycles. The van der Waals surface area contributed by atoms with E-state index in [2.05, 4.69) is 20.8 Å². The van der Waals surface area contributed by atoms with Crippen LogP contribution < -0.4 is 15.4 Å². The predicted molar refractivity (Wildman–Crippen MR) is 198 cm³/mol. The molecular formula is C38H43F2N7O8S. The SMILES string of the molecule is CC(C)(C)[C@H](NC(=O)OCCn1ccnc1)C(=O)N1C[C@H](ON=C2c3ccccc3-c3ccccc32)C[C@H]1C(=O)N[C@@]1(C(=O)NS(=O)(=O)C2CC2)C[C@H]1C(F)F. The molecule has 1 aromatic heterocycles. The highest BCUT2D eigenvalue weighted by molar-refractivity contribution is 7.91. The van der Waals surface area contributed by atoms with Crippen molar-refractivity contribution in [3.8, 4) is 11.1 Å². The number of benzene rings is 2. The van der Waals surface area contributed by atoms with Gasteiger partial charge in [-0.3, -0.25) is 19.1 Å². The van der Waals surface area contributed by atoms with Crippen LogP contribution in [0.2, 0.25) is 0 Å². The number of nitrogens with one attached hydrogen (secondary N) is 3. The summed E-state index contributed by atoms with van der Waals surface area (Å²) in [5.41, 5.74) is 0.933. The fourth-order valence-electron chi connectivity index (χ4n) is 7.26. The van der Waals surface area contributed by atoms with Crippen LogP contribution in [0, 0.1) is 11.3 Å². The number of carbonyl (C=O) groups excluding carboxylic acids is 4. The minimum atomic E-state index is -4.13. The van der Waals surface area contributed by atoms with Gasteiger partial charge in [0.05, 0.1) is 30.6 Å². The number of imidazole rings is 1. The quantitative estimate of drug-likeness (QED) is 0.171. The van der Waals surface area contributed by atoms with Crippen LogP contribution in [0.5, 0.6) is 0 Å². The van der Waals surface area contributed by atoms with E-state index in [0.717, 1.165) is 22.3 Å². The Balaban J connectivity index is 1.14. The molecule has 5 atom stereocenters. The number of likely N-dealkylation sites (tertiary alicyclic amines) is 1. The second-order valence-electron chi connectivity index (χ2n) is 15.7. The maximum atomic E-state index is 14.5. The van der Waals surface area contributed by atoms with Gasteiger partial charge < -0.3 is 29.7 Å². The van der Waals surface area contributed by atoms with Gasteiger partial charge in [0, 0.05) is 29.9 Å². The lowest BCUT2D eigenvalue weighted by atomic mass is 9.85. The number of hydrogen-bond acceptors (Lipinski definition) is 10. The van der Waals surface area contributed by atoms with Crippen LogP contribution in [0.1, 0.15) is 57.6 Å². The van der Waals surface area contributed by atoms with Gasteiger partial charge in [0.1, 0.15) is 36.0 Å². The zero-order chi connectivity index (χ0) is 40.0. The highest BCUT2D eigenvalue weighted by Gasteiger charge is 2.67. The molecule has 2 aromatic carbocycles. The van der Waals surface area contributed by atoms with Gasteiger partial charge in [-0.2, -0.15) is 0 Å². The third-order valence-corrected chi connectivity index (χ3v) is 12.4. The molecule has 2 heterocycles. The van der Waals surface area contributed by atoms with E-state index in [0.29, 0.717) is 25.1 Å². The molecule has 15 nitrogen and oxygen atoms in total. The molecule has 4 amide bonds. The summed E-state index contributed by atoms with van der Waals surface area (Å²) in [4.78, 5) is 66.2. The second kappa shape index (κ2) is 14.9. The minimum Gasteiger partial charge on any atom is -0.448 e. The van der Waals surface area contributed by atoms with Gasteiger partial charge in [0.2, 0.25) is 28.3 Å². The number of oxime groups is 1. The Morgan fingerprint density at radius 2 is 1.66 bits per heavy atom. The molecule has 1 aliphatic heterocycles. The number of hydrogen-bond donors (Lipinski definition) is 3. The zero-order valence-electron chi connectivity index (χ0n) is 31.0. The molecule has 18 heteroatoms. The summed E-state index contributed by atoms with van der Waals surface area (Å²) < 4.78 is 62.5. The maximum absolute atomic E-state index is 14.5. The van der Waals surface area contributed by atoms with Crippen molar-refractivity contribution in [1.29, 1.82) is 0 Å². The van der Waals surface area contributed by atoms with E-state index in [1.807, 2.05) is 53.3 Å². The number of carbonyl (C=O) groups is 4. The number of rotatable bonds is 13. The number of alkyl carbamates (subject to hydrolysis) is 1. The van der Waals surface area contributed by atoms with Gasteiger partial charge in [-0.05, 0) is 35.8 Å². The topological polar surface area (TPSA) is 190 Å². The number of halogens is 2. The molecular weight excluding hydrogens is 753 g/mol. The number of alkyl halides is 2. The van der Waals surface area contributed by atoms with Crippen molar-refractivity contribution >= 4 is 39.5 Å². The lowest BCUT2D eigenvalue weighted by Gasteiger charge is -2.35. The Labute approximate surface area is 322 Å². The van der Waals surface area contributed by atoms with E-state index >= 15 is 0 Å².